The van der Waals surface area contributed by atoms with Crippen LogP contribution in [0.5, 0.6) is 5.75 Å². The number of nitrogens with two attached hydrogens (primary N) is 1. The summed E-state index contributed by atoms with van der Waals surface area (Å²) in [6, 6.07) is 14.5. The van der Waals surface area contributed by atoms with Gasteiger partial charge in [-0.2, -0.15) is 0 Å². The Morgan fingerprint density at radius 2 is 1.80 bits per heavy atom. The molecule has 20 heavy (non-hydrogen) atoms. The van der Waals surface area contributed by atoms with E-state index in [1.54, 1.807) is 0 Å². The number of ether oxygens (including phenoxy) is 1. The Balaban J connectivity index is 2.01. The number of hydrogen-bond acceptors (Lipinski definition) is 2. The lowest BCUT2D eigenvalue weighted by molar-refractivity contribution is 0.306. The van der Waals surface area contributed by atoms with Gasteiger partial charge in [0.05, 0.1) is 0 Å². The fourth-order valence-electron chi connectivity index (χ4n) is 1.96. The lowest BCUT2D eigenvalue weighted by Crippen LogP contribution is -2.00. The number of benzene rings is 2. The first-order chi connectivity index (χ1) is 9.60. The van der Waals surface area contributed by atoms with Gasteiger partial charge in [0.1, 0.15) is 12.4 Å². The third-order valence-electron chi connectivity index (χ3n) is 3.29. The molecule has 0 aliphatic rings. The molecule has 0 aliphatic heterocycles. The van der Waals surface area contributed by atoms with Crippen LogP contribution in [0.4, 0.5) is 0 Å². The predicted octanol–water partition coefficient (Wildman–Crippen LogP) is 4.61. The summed E-state index contributed by atoms with van der Waals surface area (Å²) in [6.45, 7) is 5.47. The van der Waals surface area contributed by atoms with Crippen molar-refractivity contribution in [3.63, 3.8) is 0 Å². The highest BCUT2D eigenvalue weighted by Crippen LogP contribution is 2.23. The van der Waals surface area contributed by atoms with Crippen LogP contribution < -0.4 is 10.5 Å². The van der Waals surface area contributed by atoms with Gasteiger partial charge in [0.15, 0.2) is 0 Å². The molecular weight excluding hydrogens is 314 g/mol. The Morgan fingerprint density at radius 1 is 1.10 bits per heavy atom. The normalized spacial score (nSPS) is 10.8. The van der Waals surface area contributed by atoms with Crippen LogP contribution in [0.15, 0.2) is 46.9 Å². The molecule has 0 amide bonds. The van der Waals surface area contributed by atoms with E-state index >= 15 is 0 Å². The van der Waals surface area contributed by atoms with Crippen LogP contribution in [0.2, 0.25) is 0 Å². The summed E-state index contributed by atoms with van der Waals surface area (Å²) < 4.78 is 6.84. The van der Waals surface area contributed by atoms with Crippen molar-refractivity contribution in [2.75, 3.05) is 0 Å². The Hall–Kier alpha value is -1.32. The summed E-state index contributed by atoms with van der Waals surface area (Å²) in [4.78, 5) is 0. The minimum Gasteiger partial charge on any atom is -0.489 e. The molecule has 2 rings (SSSR count). The molecule has 2 N–H and O–H groups in total. The molecule has 0 radical (unpaired) electrons. The molecule has 2 aromatic carbocycles. The second-order valence-electron chi connectivity index (χ2n) is 5.14. The summed E-state index contributed by atoms with van der Waals surface area (Å²) in [5.41, 5.74) is 9.26. The van der Waals surface area contributed by atoms with Gasteiger partial charge < -0.3 is 10.5 Å². The van der Waals surface area contributed by atoms with Gasteiger partial charge in [0, 0.05) is 11.0 Å². The average Bonchev–Trinajstić information content (AvgIpc) is 2.46. The Bertz CT molecular complexity index is 564. The van der Waals surface area contributed by atoms with Gasteiger partial charge in [-0.15, -0.1) is 0 Å². The molecular formula is C17H20BrNO. The van der Waals surface area contributed by atoms with Gasteiger partial charge in [0.25, 0.3) is 0 Å². The topological polar surface area (TPSA) is 35.2 Å². The van der Waals surface area contributed by atoms with Gasteiger partial charge in [-0.05, 0) is 40.8 Å². The van der Waals surface area contributed by atoms with Crippen molar-refractivity contribution >= 4 is 15.9 Å². The van der Waals surface area contributed by atoms with Gasteiger partial charge >= 0.3 is 0 Å². The van der Waals surface area contributed by atoms with Crippen molar-refractivity contribution in [3.8, 4) is 5.75 Å². The van der Waals surface area contributed by atoms with Crippen LogP contribution in [0, 0.1) is 0 Å². The van der Waals surface area contributed by atoms with Crippen molar-refractivity contribution < 1.29 is 4.74 Å². The Labute approximate surface area is 129 Å². The summed E-state index contributed by atoms with van der Waals surface area (Å²) in [5.74, 6) is 1.41. The van der Waals surface area contributed by atoms with E-state index in [-0.39, 0.29) is 0 Å². The lowest BCUT2D eigenvalue weighted by Gasteiger charge is -2.10. The van der Waals surface area contributed by atoms with E-state index in [0.29, 0.717) is 19.1 Å². The highest BCUT2D eigenvalue weighted by atomic mass is 79.9. The van der Waals surface area contributed by atoms with Gasteiger partial charge in [-0.25, -0.2) is 0 Å². The molecule has 0 fully saturated rings. The number of hydrogen-bond donors (Lipinski definition) is 1. The number of rotatable bonds is 5. The minimum absolute atomic E-state index is 0.501. The van der Waals surface area contributed by atoms with Crippen molar-refractivity contribution in [1.29, 1.82) is 0 Å². The van der Waals surface area contributed by atoms with Crippen molar-refractivity contribution in [1.82, 2.24) is 0 Å². The Kier molecular flexibility index (Phi) is 5.21. The molecule has 0 unspecified atom stereocenters. The molecule has 3 heteroatoms. The van der Waals surface area contributed by atoms with E-state index < -0.39 is 0 Å². The minimum atomic E-state index is 0.501. The van der Waals surface area contributed by atoms with Gasteiger partial charge in [-0.1, -0.05) is 54.0 Å². The second-order valence-corrected chi connectivity index (χ2v) is 6.00. The van der Waals surface area contributed by atoms with Crippen LogP contribution in [0.3, 0.4) is 0 Å². The molecule has 0 spiro atoms. The fraction of sp³-hybridized carbons (Fsp3) is 0.294. The zero-order valence-electron chi connectivity index (χ0n) is 11.9. The maximum absolute atomic E-state index is 5.81. The fourth-order valence-corrected chi connectivity index (χ4v) is 2.37. The summed E-state index contributed by atoms with van der Waals surface area (Å²) in [7, 11) is 0. The lowest BCUT2D eigenvalue weighted by atomic mass is 10.0. The largest absolute Gasteiger partial charge is 0.489 e. The molecule has 2 nitrogen and oxygen atoms in total. The summed E-state index contributed by atoms with van der Waals surface area (Å²) >= 11 is 3.47. The van der Waals surface area contributed by atoms with Crippen molar-refractivity contribution in [3.05, 3.63) is 63.6 Å². The molecule has 0 bridgehead atoms. The van der Waals surface area contributed by atoms with Crippen LogP contribution in [-0.4, -0.2) is 0 Å². The second kappa shape index (κ2) is 6.91. The van der Waals surface area contributed by atoms with E-state index in [9.17, 15) is 0 Å². The maximum atomic E-state index is 5.81. The quantitative estimate of drug-likeness (QED) is 0.867. The molecule has 0 saturated heterocycles. The maximum Gasteiger partial charge on any atom is 0.120 e. The molecule has 0 atom stereocenters. The first-order valence-corrected chi connectivity index (χ1v) is 7.59. The smallest absolute Gasteiger partial charge is 0.120 e. The van der Waals surface area contributed by atoms with Gasteiger partial charge in [0.2, 0.25) is 0 Å². The number of halogens is 1. The molecule has 0 aromatic heterocycles. The van der Waals surface area contributed by atoms with E-state index in [2.05, 4.69) is 54.0 Å². The Morgan fingerprint density at radius 3 is 2.40 bits per heavy atom. The molecule has 0 aliphatic carbocycles. The zero-order valence-corrected chi connectivity index (χ0v) is 13.5. The van der Waals surface area contributed by atoms with E-state index in [1.165, 1.54) is 11.1 Å². The summed E-state index contributed by atoms with van der Waals surface area (Å²) in [5, 5.41) is 0. The van der Waals surface area contributed by atoms with Crippen LogP contribution >= 0.6 is 15.9 Å². The van der Waals surface area contributed by atoms with E-state index in [1.807, 2.05) is 18.2 Å². The first-order valence-electron chi connectivity index (χ1n) is 6.80. The average molecular weight is 334 g/mol. The highest BCUT2D eigenvalue weighted by molar-refractivity contribution is 9.10. The van der Waals surface area contributed by atoms with Crippen LogP contribution in [0.25, 0.3) is 0 Å². The first kappa shape index (κ1) is 15.1. The molecule has 0 heterocycles. The van der Waals surface area contributed by atoms with E-state index in [0.717, 1.165) is 15.8 Å². The van der Waals surface area contributed by atoms with Crippen molar-refractivity contribution in [2.45, 2.75) is 32.9 Å². The standard InChI is InChI=1S/C17H20BrNO/c1-12(2)14-5-3-13(4-6-14)11-20-16-7-8-17(18)15(9-16)10-19/h3-9,12H,10-11,19H2,1-2H3. The molecule has 2 aromatic rings. The van der Waals surface area contributed by atoms with Crippen LogP contribution in [0.1, 0.15) is 36.5 Å². The highest BCUT2D eigenvalue weighted by Gasteiger charge is 2.03. The van der Waals surface area contributed by atoms with Crippen LogP contribution in [-0.2, 0) is 13.2 Å². The van der Waals surface area contributed by atoms with Crippen molar-refractivity contribution in [2.24, 2.45) is 5.73 Å². The predicted molar refractivity (Wildman–Crippen MR) is 86.9 cm³/mol. The third-order valence-corrected chi connectivity index (χ3v) is 4.06. The molecule has 106 valence electrons. The SMILES string of the molecule is CC(C)c1ccc(COc2ccc(Br)c(CN)c2)cc1. The summed E-state index contributed by atoms with van der Waals surface area (Å²) in [6.07, 6.45) is 0. The zero-order chi connectivity index (χ0) is 14.5. The third kappa shape index (κ3) is 3.84. The molecule has 0 saturated carbocycles. The van der Waals surface area contributed by atoms with Gasteiger partial charge in [-0.3, -0.25) is 0 Å². The monoisotopic (exact) mass is 333 g/mol. The van der Waals surface area contributed by atoms with E-state index in [4.69, 9.17) is 10.5 Å².